The molecule has 18 heavy (non-hydrogen) atoms. The minimum Gasteiger partial charge on any atom is -0.299 e. The maximum absolute atomic E-state index is 11.8. The molecule has 0 spiro atoms. The van der Waals surface area contributed by atoms with Crippen LogP contribution in [0.25, 0.3) is 0 Å². The van der Waals surface area contributed by atoms with Gasteiger partial charge in [-0.25, -0.2) is 0 Å². The van der Waals surface area contributed by atoms with Gasteiger partial charge in [-0.05, 0) is 13.3 Å². The minimum atomic E-state index is -0.528. The summed E-state index contributed by atoms with van der Waals surface area (Å²) in [4.78, 5) is 33.4. The standard InChI is InChI=1S/C13H15NO4/c1-3-4-11(15)8-13(16)10-6-5-9(2)12(7-10)14(17)18/h5-7H,3-4,8H2,1-2H3. The fourth-order valence-corrected chi connectivity index (χ4v) is 1.63. The monoisotopic (exact) mass is 249 g/mol. The molecule has 0 saturated carbocycles. The number of rotatable bonds is 6. The van der Waals surface area contributed by atoms with E-state index < -0.39 is 4.92 Å². The molecule has 0 aliphatic rings. The lowest BCUT2D eigenvalue weighted by Crippen LogP contribution is -2.08. The molecule has 5 nitrogen and oxygen atoms in total. The molecule has 1 aromatic carbocycles. The first kappa shape index (κ1) is 14.0. The van der Waals surface area contributed by atoms with Crippen molar-refractivity contribution in [3.05, 3.63) is 39.4 Å². The van der Waals surface area contributed by atoms with Crippen molar-refractivity contribution in [3.8, 4) is 0 Å². The Balaban J connectivity index is 2.90. The summed E-state index contributed by atoms with van der Waals surface area (Å²) in [7, 11) is 0. The van der Waals surface area contributed by atoms with Gasteiger partial charge in [-0.15, -0.1) is 0 Å². The molecule has 0 unspecified atom stereocenters. The lowest BCUT2D eigenvalue weighted by Gasteiger charge is -2.02. The largest absolute Gasteiger partial charge is 0.299 e. The van der Waals surface area contributed by atoms with Gasteiger partial charge in [-0.1, -0.05) is 19.1 Å². The highest BCUT2D eigenvalue weighted by Gasteiger charge is 2.16. The van der Waals surface area contributed by atoms with Crippen molar-refractivity contribution < 1.29 is 14.5 Å². The van der Waals surface area contributed by atoms with Crippen LogP contribution in [0.3, 0.4) is 0 Å². The van der Waals surface area contributed by atoms with Gasteiger partial charge in [0.05, 0.1) is 11.3 Å². The van der Waals surface area contributed by atoms with E-state index in [0.717, 1.165) is 0 Å². The summed E-state index contributed by atoms with van der Waals surface area (Å²) in [6.45, 7) is 3.47. The first-order chi connectivity index (χ1) is 8.45. The van der Waals surface area contributed by atoms with Crippen LogP contribution in [0.1, 0.15) is 42.1 Å². The van der Waals surface area contributed by atoms with Crippen LogP contribution in [0, 0.1) is 17.0 Å². The number of Topliss-reactive ketones (excluding diaryl/α,β-unsaturated/α-hetero) is 2. The Morgan fingerprint density at radius 2 is 2.00 bits per heavy atom. The Bertz CT molecular complexity index is 494. The molecule has 0 aromatic heterocycles. The molecule has 0 aliphatic heterocycles. The molecule has 0 heterocycles. The second kappa shape index (κ2) is 6.05. The normalized spacial score (nSPS) is 10.1. The minimum absolute atomic E-state index is 0.0937. The first-order valence-corrected chi connectivity index (χ1v) is 5.75. The summed E-state index contributed by atoms with van der Waals surface area (Å²) >= 11 is 0. The molecule has 0 bridgehead atoms. The van der Waals surface area contributed by atoms with Crippen LogP contribution in [0.2, 0.25) is 0 Å². The zero-order chi connectivity index (χ0) is 13.7. The number of benzene rings is 1. The van der Waals surface area contributed by atoms with E-state index in [1.165, 1.54) is 18.2 Å². The molecular weight excluding hydrogens is 234 g/mol. The average Bonchev–Trinajstić information content (AvgIpc) is 2.29. The van der Waals surface area contributed by atoms with E-state index in [1.807, 2.05) is 6.92 Å². The summed E-state index contributed by atoms with van der Waals surface area (Å²) in [5.41, 5.74) is 0.622. The van der Waals surface area contributed by atoms with Crippen molar-refractivity contribution in [2.45, 2.75) is 33.1 Å². The summed E-state index contributed by atoms with van der Waals surface area (Å²) in [6, 6.07) is 4.27. The van der Waals surface area contributed by atoms with Gasteiger partial charge in [0, 0.05) is 23.6 Å². The lowest BCUT2D eigenvalue weighted by atomic mass is 10.0. The van der Waals surface area contributed by atoms with Crippen molar-refractivity contribution in [3.63, 3.8) is 0 Å². The molecule has 0 fully saturated rings. The molecule has 96 valence electrons. The van der Waals surface area contributed by atoms with Gasteiger partial charge in [-0.3, -0.25) is 19.7 Å². The topological polar surface area (TPSA) is 77.3 Å². The Morgan fingerprint density at radius 3 is 2.56 bits per heavy atom. The summed E-state index contributed by atoms with van der Waals surface area (Å²) in [5, 5.41) is 10.7. The Labute approximate surface area is 105 Å². The fraction of sp³-hybridized carbons (Fsp3) is 0.385. The van der Waals surface area contributed by atoms with Gasteiger partial charge in [0.25, 0.3) is 5.69 Å². The molecule has 0 saturated heterocycles. The van der Waals surface area contributed by atoms with Crippen molar-refractivity contribution in [2.24, 2.45) is 0 Å². The SMILES string of the molecule is CCCC(=O)CC(=O)c1ccc(C)c([N+](=O)[O-])c1. The average molecular weight is 249 g/mol. The molecule has 0 aliphatic carbocycles. The number of nitro benzene ring substituents is 1. The van der Waals surface area contributed by atoms with Crippen molar-refractivity contribution in [1.29, 1.82) is 0 Å². The third-order valence-electron chi connectivity index (χ3n) is 2.61. The smallest absolute Gasteiger partial charge is 0.273 e. The van der Waals surface area contributed by atoms with Crippen LogP contribution in [0.4, 0.5) is 5.69 Å². The molecule has 1 aromatic rings. The molecule has 0 radical (unpaired) electrons. The van der Waals surface area contributed by atoms with Gasteiger partial charge in [-0.2, -0.15) is 0 Å². The Morgan fingerprint density at radius 1 is 1.33 bits per heavy atom. The van der Waals surface area contributed by atoms with Crippen LogP contribution < -0.4 is 0 Å². The molecule has 0 amide bonds. The molecular formula is C13H15NO4. The van der Waals surface area contributed by atoms with E-state index in [2.05, 4.69) is 0 Å². The van der Waals surface area contributed by atoms with E-state index in [9.17, 15) is 19.7 Å². The number of nitrogens with zero attached hydrogens (tertiary/aromatic N) is 1. The third kappa shape index (κ3) is 3.48. The third-order valence-corrected chi connectivity index (χ3v) is 2.61. The van der Waals surface area contributed by atoms with Gasteiger partial charge in [0.15, 0.2) is 5.78 Å². The van der Waals surface area contributed by atoms with Crippen LogP contribution in [0.15, 0.2) is 18.2 Å². The number of carbonyl (C=O) groups is 2. The molecule has 0 atom stereocenters. The number of aryl methyl sites for hydroxylation is 1. The molecule has 0 N–H and O–H groups in total. The van der Waals surface area contributed by atoms with Gasteiger partial charge in [0.2, 0.25) is 0 Å². The van der Waals surface area contributed by atoms with E-state index in [-0.39, 0.29) is 29.2 Å². The second-order valence-electron chi connectivity index (χ2n) is 4.15. The Hall–Kier alpha value is -2.04. The highest BCUT2D eigenvalue weighted by atomic mass is 16.6. The van der Waals surface area contributed by atoms with Crippen LogP contribution in [0.5, 0.6) is 0 Å². The van der Waals surface area contributed by atoms with E-state index >= 15 is 0 Å². The number of ketones is 2. The highest BCUT2D eigenvalue weighted by molar-refractivity contribution is 6.08. The number of carbonyl (C=O) groups excluding carboxylic acids is 2. The van der Waals surface area contributed by atoms with E-state index in [1.54, 1.807) is 6.92 Å². The lowest BCUT2D eigenvalue weighted by molar-refractivity contribution is -0.385. The predicted molar refractivity (Wildman–Crippen MR) is 66.7 cm³/mol. The van der Waals surface area contributed by atoms with Crippen LogP contribution in [-0.2, 0) is 4.79 Å². The number of hydrogen-bond acceptors (Lipinski definition) is 4. The first-order valence-electron chi connectivity index (χ1n) is 5.75. The van der Waals surface area contributed by atoms with Crippen LogP contribution in [-0.4, -0.2) is 16.5 Å². The van der Waals surface area contributed by atoms with Crippen molar-refractivity contribution >= 4 is 17.3 Å². The number of nitro groups is 1. The van der Waals surface area contributed by atoms with E-state index in [4.69, 9.17) is 0 Å². The second-order valence-corrected chi connectivity index (χ2v) is 4.15. The van der Waals surface area contributed by atoms with Crippen LogP contribution >= 0.6 is 0 Å². The quantitative estimate of drug-likeness (QED) is 0.336. The van der Waals surface area contributed by atoms with E-state index in [0.29, 0.717) is 18.4 Å². The van der Waals surface area contributed by atoms with Crippen molar-refractivity contribution in [2.75, 3.05) is 0 Å². The summed E-state index contributed by atoms with van der Waals surface area (Å²) in [6.07, 6.45) is 0.869. The predicted octanol–water partition coefficient (Wildman–Crippen LogP) is 2.85. The highest BCUT2D eigenvalue weighted by Crippen LogP contribution is 2.20. The summed E-state index contributed by atoms with van der Waals surface area (Å²) < 4.78 is 0. The van der Waals surface area contributed by atoms with Crippen molar-refractivity contribution in [1.82, 2.24) is 0 Å². The van der Waals surface area contributed by atoms with Gasteiger partial charge < -0.3 is 0 Å². The molecule has 5 heteroatoms. The zero-order valence-corrected chi connectivity index (χ0v) is 10.4. The Kier molecular flexibility index (Phi) is 4.71. The zero-order valence-electron chi connectivity index (χ0n) is 10.4. The maximum atomic E-state index is 11.8. The number of hydrogen-bond donors (Lipinski definition) is 0. The summed E-state index contributed by atoms with van der Waals surface area (Å²) in [5.74, 6) is -0.498. The maximum Gasteiger partial charge on any atom is 0.273 e. The fourth-order valence-electron chi connectivity index (χ4n) is 1.63. The van der Waals surface area contributed by atoms with Gasteiger partial charge >= 0.3 is 0 Å². The molecule has 1 rings (SSSR count). The van der Waals surface area contributed by atoms with Gasteiger partial charge in [0.1, 0.15) is 5.78 Å².